The molecule has 0 saturated carbocycles. The first-order chi connectivity index (χ1) is 12.2. The van der Waals surface area contributed by atoms with Gasteiger partial charge in [-0.05, 0) is 23.6 Å². The largest absolute Gasteiger partial charge is 0.332 e. The van der Waals surface area contributed by atoms with Crippen molar-refractivity contribution in [1.82, 2.24) is 14.9 Å². The molecular formula is C17H14N4O2S2. The molecule has 4 rings (SSSR count). The van der Waals surface area contributed by atoms with E-state index < -0.39 is 0 Å². The van der Waals surface area contributed by atoms with Gasteiger partial charge >= 0.3 is 0 Å². The zero-order valence-electron chi connectivity index (χ0n) is 13.1. The lowest BCUT2D eigenvalue weighted by molar-refractivity contribution is 0.0730. The van der Waals surface area contributed by atoms with Gasteiger partial charge in [-0.3, -0.25) is 19.9 Å². The van der Waals surface area contributed by atoms with E-state index in [0.717, 1.165) is 10.6 Å². The Kier molecular flexibility index (Phi) is 4.29. The first kappa shape index (κ1) is 15.9. The minimum atomic E-state index is -0.150. The topological polar surface area (TPSA) is 75.2 Å². The number of carbonyl (C=O) groups excluding carboxylic acids is 2. The zero-order chi connectivity index (χ0) is 17.2. The van der Waals surface area contributed by atoms with Crippen molar-refractivity contribution in [1.29, 1.82) is 0 Å². The second kappa shape index (κ2) is 6.73. The van der Waals surface area contributed by atoms with E-state index in [1.165, 1.54) is 22.7 Å². The highest BCUT2D eigenvalue weighted by Gasteiger charge is 2.26. The molecule has 3 aromatic heterocycles. The van der Waals surface area contributed by atoms with Gasteiger partial charge in [0, 0.05) is 24.0 Å². The van der Waals surface area contributed by atoms with Crippen molar-refractivity contribution >= 4 is 39.6 Å². The second-order valence-corrected chi connectivity index (χ2v) is 7.54. The quantitative estimate of drug-likeness (QED) is 0.769. The van der Waals surface area contributed by atoms with Gasteiger partial charge in [-0.1, -0.05) is 23.5 Å². The number of amides is 2. The predicted octanol–water partition coefficient (Wildman–Crippen LogP) is 3.05. The van der Waals surface area contributed by atoms with Crippen LogP contribution in [0.5, 0.6) is 0 Å². The summed E-state index contributed by atoms with van der Waals surface area (Å²) < 4.78 is 0. The van der Waals surface area contributed by atoms with Crippen molar-refractivity contribution in [2.45, 2.75) is 13.0 Å². The molecule has 1 aliphatic heterocycles. The highest BCUT2D eigenvalue weighted by atomic mass is 32.1. The summed E-state index contributed by atoms with van der Waals surface area (Å²) in [5, 5.41) is 5.28. The van der Waals surface area contributed by atoms with Gasteiger partial charge in [0.25, 0.3) is 11.8 Å². The number of nitrogens with one attached hydrogen (secondary N) is 1. The fourth-order valence-corrected chi connectivity index (χ4v) is 4.28. The van der Waals surface area contributed by atoms with Crippen LogP contribution in [0.4, 0.5) is 5.13 Å². The van der Waals surface area contributed by atoms with Gasteiger partial charge in [0.05, 0.1) is 17.1 Å². The van der Waals surface area contributed by atoms with Crippen molar-refractivity contribution < 1.29 is 9.59 Å². The number of carbonyl (C=O) groups is 2. The third kappa shape index (κ3) is 3.31. The van der Waals surface area contributed by atoms with Gasteiger partial charge < -0.3 is 4.90 Å². The Labute approximate surface area is 152 Å². The maximum atomic E-state index is 12.5. The smallest absolute Gasteiger partial charge is 0.272 e. The van der Waals surface area contributed by atoms with E-state index in [1.807, 2.05) is 11.4 Å². The normalized spacial score (nSPS) is 13.4. The summed E-state index contributed by atoms with van der Waals surface area (Å²) in [6.07, 6.45) is 2.30. The van der Waals surface area contributed by atoms with Crippen molar-refractivity contribution in [2.24, 2.45) is 0 Å². The van der Waals surface area contributed by atoms with Crippen LogP contribution in [0.15, 0.2) is 41.9 Å². The fraction of sp³-hybridized carbons (Fsp3) is 0.176. The van der Waals surface area contributed by atoms with Crippen LogP contribution in [0.25, 0.3) is 0 Å². The van der Waals surface area contributed by atoms with Crippen molar-refractivity contribution in [3.63, 3.8) is 0 Å². The number of nitrogens with zero attached hydrogens (tertiary/aromatic N) is 3. The number of hydrogen-bond donors (Lipinski definition) is 1. The summed E-state index contributed by atoms with van der Waals surface area (Å²) in [5.74, 6) is -0.230. The highest BCUT2D eigenvalue weighted by molar-refractivity contribution is 7.16. The van der Waals surface area contributed by atoms with E-state index in [2.05, 4.69) is 15.3 Å². The van der Waals surface area contributed by atoms with Crippen LogP contribution in [-0.2, 0) is 13.0 Å². The number of anilines is 1. The predicted molar refractivity (Wildman–Crippen MR) is 97.1 cm³/mol. The monoisotopic (exact) mass is 370 g/mol. The van der Waals surface area contributed by atoms with Gasteiger partial charge in [0.15, 0.2) is 5.13 Å². The first-order valence-electron chi connectivity index (χ1n) is 7.74. The fourth-order valence-electron chi connectivity index (χ4n) is 2.64. The summed E-state index contributed by atoms with van der Waals surface area (Å²) >= 11 is 2.82. The Hall–Kier alpha value is -2.58. The lowest BCUT2D eigenvalue weighted by Gasteiger charge is -2.25. The van der Waals surface area contributed by atoms with E-state index in [9.17, 15) is 9.59 Å². The zero-order valence-corrected chi connectivity index (χ0v) is 14.8. The molecule has 126 valence electrons. The molecule has 3 aromatic rings. The maximum absolute atomic E-state index is 12.5. The van der Waals surface area contributed by atoms with Crippen molar-refractivity contribution in [3.05, 3.63) is 63.1 Å². The lowest BCUT2D eigenvalue weighted by atomic mass is 10.1. The molecule has 2 amide bonds. The molecule has 1 N–H and O–H groups in total. The summed E-state index contributed by atoms with van der Waals surface area (Å²) in [4.78, 5) is 36.7. The average molecular weight is 370 g/mol. The molecule has 0 aromatic carbocycles. The molecule has 0 fully saturated rings. The molecule has 0 saturated heterocycles. The van der Waals surface area contributed by atoms with Crippen LogP contribution in [0.3, 0.4) is 0 Å². The van der Waals surface area contributed by atoms with E-state index in [0.29, 0.717) is 35.2 Å². The first-order valence-corrected chi connectivity index (χ1v) is 9.44. The van der Waals surface area contributed by atoms with E-state index >= 15 is 0 Å². The molecule has 0 radical (unpaired) electrons. The Morgan fingerprint density at radius 2 is 2.12 bits per heavy atom. The molecule has 1 aliphatic rings. The number of fused-ring (bicyclic) bond motifs is 1. The van der Waals surface area contributed by atoms with Crippen LogP contribution < -0.4 is 5.32 Å². The molecular weight excluding hydrogens is 356 g/mol. The second-order valence-electron chi connectivity index (χ2n) is 5.51. The van der Waals surface area contributed by atoms with Gasteiger partial charge in [0.2, 0.25) is 0 Å². The highest BCUT2D eigenvalue weighted by Crippen LogP contribution is 2.29. The minimum absolute atomic E-state index is 0.0798. The molecule has 6 nitrogen and oxygen atoms in total. The van der Waals surface area contributed by atoms with Crippen LogP contribution >= 0.6 is 22.7 Å². The number of thiophene rings is 1. The molecule has 8 heteroatoms. The summed E-state index contributed by atoms with van der Waals surface area (Å²) in [6, 6.07) is 8.93. The van der Waals surface area contributed by atoms with Crippen LogP contribution in [-0.4, -0.2) is 33.2 Å². The molecule has 0 bridgehead atoms. The van der Waals surface area contributed by atoms with Crippen LogP contribution in [0.2, 0.25) is 0 Å². The Morgan fingerprint density at radius 1 is 1.20 bits per heavy atom. The SMILES string of the molecule is O=C(Nc1nc2c(s1)CN(C(=O)c1ccccn1)CC2)c1cccs1. The molecule has 0 atom stereocenters. The average Bonchev–Trinajstić information content (AvgIpc) is 3.30. The van der Waals surface area contributed by atoms with Gasteiger partial charge in [-0.15, -0.1) is 11.3 Å². The van der Waals surface area contributed by atoms with Gasteiger partial charge in [-0.2, -0.15) is 0 Å². The van der Waals surface area contributed by atoms with Crippen molar-refractivity contribution in [3.8, 4) is 0 Å². The standard InChI is InChI=1S/C17H14N4O2S2/c22-15(13-5-3-9-24-13)20-17-19-11-6-8-21(10-14(11)25-17)16(23)12-4-1-2-7-18-12/h1-5,7,9H,6,8,10H2,(H,19,20,22). The summed E-state index contributed by atoms with van der Waals surface area (Å²) in [6.45, 7) is 1.10. The lowest BCUT2D eigenvalue weighted by Crippen LogP contribution is -2.35. The van der Waals surface area contributed by atoms with E-state index in [4.69, 9.17) is 0 Å². The third-order valence-electron chi connectivity index (χ3n) is 3.87. The molecule has 25 heavy (non-hydrogen) atoms. The number of aromatic nitrogens is 2. The number of pyridine rings is 1. The molecule has 0 spiro atoms. The van der Waals surface area contributed by atoms with Crippen LogP contribution in [0, 0.1) is 0 Å². The molecule has 0 unspecified atom stereocenters. The summed E-state index contributed by atoms with van der Waals surface area (Å²) in [5.41, 5.74) is 1.40. The Morgan fingerprint density at radius 3 is 2.88 bits per heavy atom. The Bertz CT molecular complexity index is 906. The number of rotatable bonds is 3. The van der Waals surface area contributed by atoms with E-state index in [-0.39, 0.29) is 11.8 Å². The van der Waals surface area contributed by atoms with Gasteiger partial charge in [-0.25, -0.2) is 4.98 Å². The van der Waals surface area contributed by atoms with Crippen molar-refractivity contribution in [2.75, 3.05) is 11.9 Å². The van der Waals surface area contributed by atoms with Gasteiger partial charge in [0.1, 0.15) is 5.69 Å². The third-order valence-corrected chi connectivity index (χ3v) is 5.73. The van der Waals surface area contributed by atoms with Crippen LogP contribution in [0.1, 0.15) is 30.7 Å². The molecule has 0 aliphatic carbocycles. The Balaban J connectivity index is 1.48. The molecule has 4 heterocycles. The minimum Gasteiger partial charge on any atom is -0.332 e. The number of thiazole rings is 1. The van der Waals surface area contributed by atoms with E-state index in [1.54, 1.807) is 35.4 Å². The number of hydrogen-bond acceptors (Lipinski definition) is 6. The maximum Gasteiger partial charge on any atom is 0.272 e. The summed E-state index contributed by atoms with van der Waals surface area (Å²) in [7, 11) is 0.